The first-order valence-corrected chi connectivity index (χ1v) is 11.7. The SMILES string of the molecule is NCc1ccc(-c2ccc3c(c2)ncn3-c2ccc3cccc(N4CCCCC4)c3n2)cc1. The quantitative estimate of drug-likeness (QED) is 0.396. The highest BCUT2D eigenvalue weighted by atomic mass is 15.2. The number of piperidine rings is 1. The summed E-state index contributed by atoms with van der Waals surface area (Å²) in [5.74, 6) is 0.898. The van der Waals surface area contributed by atoms with Crippen LogP contribution in [0, 0.1) is 0 Å². The van der Waals surface area contributed by atoms with Crippen LogP contribution in [0.15, 0.2) is 79.1 Å². The van der Waals surface area contributed by atoms with Gasteiger partial charge in [-0.2, -0.15) is 0 Å². The maximum atomic E-state index is 5.74. The number of fused-ring (bicyclic) bond motifs is 2. The number of hydrogen-bond donors (Lipinski definition) is 1. The molecule has 33 heavy (non-hydrogen) atoms. The number of anilines is 1. The van der Waals surface area contributed by atoms with Crippen molar-refractivity contribution in [1.29, 1.82) is 0 Å². The van der Waals surface area contributed by atoms with Gasteiger partial charge in [-0.3, -0.25) is 4.57 Å². The Bertz CT molecular complexity index is 1430. The summed E-state index contributed by atoms with van der Waals surface area (Å²) in [6.07, 6.45) is 5.70. The molecule has 3 aromatic carbocycles. The van der Waals surface area contributed by atoms with Crippen molar-refractivity contribution >= 4 is 27.6 Å². The van der Waals surface area contributed by atoms with Crippen LogP contribution in [0.2, 0.25) is 0 Å². The van der Waals surface area contributed by atoms with Gasteiger partial charge in [0.05, 0.1) is 22.2 Å². The molecule has 0 bridgehead atoms. The van der Waals surface area contributed by atoms with Gasteiger partial charge in [-0.05, 0) is 66.3 Å². The van der Waals surface area contributed by atoms with Gasteiger partial charge < -0.3 is 10.6 Å². The highest BCUT2D eigenvalue weighted by Crippen LogP contribution is 2.30. The van der Waals surface area contributed by atoms with Crippen LogP contribution in [0.4, 0.5) is 5.69 Å². The van der Waals surface area contributed by atoms with Gasteiger partial charge in [-0.1, -0.05) is 42.5 Å². The van der Waals surface area contributed by atoms with Crippen LogP contribution >= 0.6 is 0 Å². The van der Waals surface area contributed by atoms with Gasteiger partial charge in [0.2, 0.25) is 0 Å². The smallest absolute Gasteiger partial charge is 0.139 e. The van der Waals surface area contributed by atoms with E-state index in [9.17, 15) is 0 Å². The topological polar surface area (TPSA) is 60.0 Å². The summed E-state index contributed by atoms with van der Waals surface area (Å²) in [5.41, 5.74) is 13.5. The molecule has 0 radical (unpaired) electrons. The molecule has 1 fully saturated rings. The summed E-state index contributed by atoms with van der Waals surface area (Å²) >= 11 is 0. The van der Waals surface area contributed by atoms with Crippen LogP contribution < -0.4 is 10.6 Å². The lowest BCUT2D eigenvalue weighted by molar-refractivity contribution is 0.579. The van der Waals surface area contributed by atoms with Crippen molar-refractivity contribution in [3.63, 3.8) is 0 Å². The number of hydrogen-bond acceptors (Lipinski definition) is 4. The molecule has 0 saturated carbocycles. The second-order valence-electron chi connectivity index (χ2n) is 8.79. The van der Waals surface area contributed by atoms with Gasteiger partial charge in [0.15, 0.2) is 0 Å². The van der Waals surface area contributed by atoms with E-state index in [0.29, 0.717) is 6.54 Å². The average molecular weight is 434 g/mol. The highest BCUT2D eigenvalue weighted by molar-refractivity contribution is 5.92. The van der Waals surface area contributed by atoms with E-state index in [1.54, 1.807) is 0 Å². The summed E-state index contributed by atoms with van der Waals surface area (Å²) in [4.78, 5) is 12.3. The first kappa shape index (κ1) is 19.9. The van der Waals surface area contributed by atoms with Gasteiger partial charge in [-0.15, -0.1) is 0 Å². The van der Waals surface area contributed by atoms with E-state index in [2.05, 4.69) is 82.3 Å². The molecule has 0 unspecified atom stereocenters. The van der Waals surface area contributed by atoms with Crippen molar-refractivity contribution in [2.75, 3.05) is 18.0 Å². The van der Waals surface area contributed by atoms with Crippen LogP contribution in [-0.4, -0.2) is 27.6 Å². The lowest BCUT2D eigenvalue weighted by Crippen LogP contribution is -2.29. The third-order valence-electron chi connectivity index (χ3n) is 6.70. The normalized spacial score (nSPS) is 14.3. The number of rotatable bonds is 4. The van der Waals surface area contributed by atoms with Gasteiger partial charge >= 0.3 is 0 Å². The molecule has 6 rings (SSSR count). The molecule has 1 aliphatic heterocycles. The first-order chi connectivity index (χ1) is 16.3. The molecule has 1 aliphatic rings. The Hall–Kier alpha value is -3.70. The lowest BCUT2D eigenvalue weighted by Gasteiger charge is -2.29. The summed E-state index contributed by atoms with van der Waals surface area (Å²) in [6, 6.07) is 25.6. The van der Waals surface area contributed by atoms with Crippen molar-refractivity contribution < 1.29 is 0 Å². The Kier molecular flexibility index (Phi) is 5.04. The fourth-order valence-corrected chi connectivity index (χ4v) is 4.85. The molecule has 0 atom stereocenters. The Morgan fingerprint density at radius 1 is 0.818 bits per heavy atom. The van der Waals surface area contributed by atoms with E-state index < -0.39 is 0 Å². The van der Waals surface area contributed by atoms with Gasteiger partial charge in [0.1, 0.15) is 12.1 Å². The number of benzene rings is 3. The zero-order chi connectivity index (χ0) is 22.2. The summed E-state index contributed by atoms with van der Waals surface area (Å²) in [7, 11) is 0. The molecule has 5 nitrogen and oxygen atoms in total. The molecule has 0 aliphatic carbocycles. The molecular weight excluding hydrogens is 406 g/mol. The summed E-state index contributed by atoms with van der Waals surface area (Å²) < 4.78 is 2.09. The standard InChI is InChI=1S/C28H27N5/c29-18-20-7-9-21(10-8-20)23-11-13-25-24(17-23)30-19-33(25)27-14-12-22-5-4-6-26(28(22)31-27)32-15-2-1-3-16-32/h4-14,17,19H,1-3,15-16,18,29H2. The van der Waals surface area contributed by atoms with E-state index in [1.807, 2.05) is 6.33 Å². The molecular formula is C28H27N5. The molecule has 0 spiro atoms. The van der Waals surface area contributed by atoms with Gasteiger partial charge in [-0.25, -0.2) is 9.97 Å². The van der Waals surface area contributed by atoms with Crippen LogP contribution in [0.5, 0.6) is 0 Å². The van der Waals surface area contributed by atoms with Crippen LogP contribution in [0.1, 0.15) is 24.8 Å². The van der Waals surface area contributed by atoms with Gasteiger partial charge in [0.25, 0.3) is 0 Å². The monoisotopic (exact) mass is 433 g/mol. The predicted molar refractivity (Wildman–Crippen MR) is 136 cm³/mol. The van der Waals surface area contributed by atoms with E-state index in [-0.39, 0.29) is 0 Å². The van der Waals surface area contributed by atoms with Crippen LogP contribution in [0.25, 0.3) is 38.9 Å². The molecule has 0 amide bonds. The fraction of sp³-hybridized carbons (Fsp3) is 0.214. The largest absolute Gasteiger partial charge is 0.370 e. The van der Waals surface area contributed by atoms with Gasteiger partial charge in [0, 0.05) is 25.0 Å². The summed E-state index contributed by atoms with van der Waals surface area (Å²) in [5, 5.41) is 1.18. The number of para-hydroxylation sites is 1. The zero-order valence-corrected chi connectivity index (χ0v) is 18.6. The number of nitrogens with zero attached hydrogens (tertiary/aromatic N) is 4. The Morgan fingerprint density at radius 3 is 2.45 bits per heavy atom. The van der Waals surface area contributed by atoms with E-state index in [4.69, 9.17) is 15.7 Å². The zero-order valence-electron chi connectivity index (χ0n) is 18.6. The van der Waals surface area contributed by atoms with Crippen molar-refractivity contribution in [3.05, 3.63) is 84.7 Å². The molecule has 3 heterocycles. The lowest BCUT2D eigenvalue weighted by atomic mass is 10.0. The predicted octanol–water partition coefficient (Wildman–Crippen LogP) is 5.69. The number of imidazole rings is 1. The maximum absolute atomic E-state index is 5.74. The minimum absolute atomic E-state index is 0.557. The third-order valence-corrected chi connectivity index (χ3v) is 6.70. The van der Waals surface area contributed by atoms with E-state index in [0.717, 1.165) is 46.6 Å². The molecule has 164 valence electrons. The fourth-order valence-electron chi connectivity index (χ4n) is 4.85. The first-order valence-electron chi connectivity index (χ1n) is 11.7. The second-order valence-corrected chi connectivity index (χ2v) is 8.79. The molecule has 2 aromatic heterocycles. The van der Waals surface area contributed by atoms with Crippen molar-refractivity contribution in [3.8, 4) is 16.9 Å². The second kappa shape index (κ2) is 8.34. The minimum atomic E-state index is 0.557. The number of pyridine rings is 1. The van der Waals surface area contributed by atoms with Crippen LogP contribution in [-0.2, 0) is 6.54 Å². The molecule has 5 heteroatoms. The van der Waals surface area contributed by atoms with Crippen LogP contribution in [0.3, 0.4) is 0 Å². The van der Waals surface area contributed by atoms with E-state index in [1.165, 1.54) is 35.9 Å². The van der Waals surface area contributed by atoms with Crippen molar-refractivity contribution in [1.82, 2.24) is 14.5 Å². The Morgan fingerprint density at radius 2 is 1.64 bits per heavy atom. The Labute approximate surface area is 193 Å². The molecule has 1 saturated heterocycles. The number of nitrogens with two attached hydrogens (primary N) is 1. The Balaban J connectivity index is 1.40. The van der Waals surface area contributed by atoms with E-state index >= 15 is 0 Å². The van der Waals surface area contributed by atoms with Crippen molar-refractivity contribution in [2.45, 2.75) is 25.8 Å². The maximum Gasteiger partial charge on any atom is 0.139 e. The minimum Gasteiger partial charge on any atom is -0.370 e. The average Bonchev–Trinajstić information content (AvgIpc) is 3.32. The summed E-state index contributed by atoms with van der Waals surface area (Å²) in [6.45, 7) is 2.77. The molecule has 2 N–H and O–H groups in total. The number of aromatic nitrogens is 3. The molecule has 5 aromatic rings. The third kappa shape index (κ3) is 3.64. The highest BCUT2D eigenvalue weighted by Gasteiger charge is 2.15. The van der Waals surface area contributed by atoms with Crippen molar-refractivity contribution in [2.24, 2.45) is 5.73 Å².